The molecule has 2 aliphatic rings. The molecule has 0 N–H and O–H groups in total. The highest BCUT2D eigenvalue weighted by molar-refractivity contribution is 6.43. The lowest BCUT2D eigenvalue weighted by Gasteiger charge is -2.36. The van der Waals surface area contributed by atoms with Gasteiger partial charge in [0.25, 0.3) is 0 Å². The fourth-order valence-electron chi connectivity index (χ4n) is 4.27. The summed E-state index contributed by atoms with van der Waals surface area (Å²) in [5, 5.41) is 1.24. The van der Waals surface area contributed by atoms with Crippen molar-refractivity contribution in [3.8, 4) is 0 Å². The number of piperazine rings is 1. The number of anilines is 1. The van der Waals surface area contributed by atoms with Gasteiger partial charge in [0.2, 0.25) is 5.91 Å². The number of hydrogen-bond acceptors (Lipinski definition) is 3. The second kappa shape index (κ2) is 9.38. The van der Waals surface area contributed by atoms with Crippen molar-refractivity contribution >= 4 is 34.8 Å². The van der Waals surface area contributed by atoms with Crippen LogP contribution in [0.15, 0.2) is 42.5 Å². The summed E-state index contributed by atoms with van der Waals surface area (Å²) in [5.41, 5.74) is 3.69. The highest BCUT2D eigenvalue weighted by Crippen LogP contribution is 2.32. The molecule has 0 radical (unpaired) electrons. The average molecular weight is 432 g/mol. The van der Waals surface area contributed by atoms with Gasteiger partial charge in [-0.25, -0.2) is 0 Å². The topological polar surface area (TPSA) is 26.8 Å². The van der Waals surface area contributed by atoms with E-state index in [9.17, 15) is 4.79 Å². The number of fused-ring (bicyclic) bond motifs is 1. The monoisotopic (exact) mass is 431 g/mol. The Morgan fingerprint density at radius 3 is 2.45 bits per heavy atom. The van der Waals surface area contributed by atoms with Crippen molar-refractivity contribution in [2.45, 2.75) is 25.8 Å². The molecule has 4 rings (SSSR count). The molecule has 0 spiro atoms. The van der Waals surface area contributed by atoms with E-state index in [1.54, 1.807) is 0 Å². The van der Waals surface area contributed by atoms with Gasteiger partial charge in [-0.3, -0.25) is 9.69 Å². The van der Waals surface area contributed by atoms with Gasteiger partial charge < -0.3 is 9.80 Å². The van der Waals surface area contributed by atoms with Gasteiger partial charge in [-0.2, -0.15) is 0 Å². The smallest absolute Gasteiger partial charge is 0.222 e. The normalized spacial score (nSPS) is 17.3. The van der Waals surface area contributed by atoms with Crippen LogP contribution < -0.4 is 4.90 Å². The third-order valence-electron chi connectivity index (χ3n) is 5.99. The van der Waals surface area contributed by atoms with Crippen LogP contribution in [0, 0.1) is 0 Å². The van der Waals surface area contributed by atoms with Crippen LogP contribution in [0.4, 0.5) is 5.69 Å². The average Bonchev–Trinajstić information content (AvgIpc) is 2.76. The van der Waals surface area contributed by atoms with Crippen LogP contribution in [0.1, 0.15) is 24.0 Å². The summed E-state index contributed by atoms with van der Waals surface area (Å²) < 4.78 is 0. The maximum Gasteiger partial charge on any atom is 0.222 e. The van der Waals surface area contributed by atoms with Crippen molar-refractivity contribution in [2.24, 2.45) is 0 Å². The molecule has 2 heterocycles. The Morgan fingerprint density at radius 2 is 1.66 bits per heavy atom. The van der Waals surface area contributed by atoms with Gasteiger partial charge in [0.15, 0.2) is 0 Å². The van der Waals surface area contributed by atoms with E-state index in [-0.39, 0.29) is 5.91 Å². The minimum Gasteiger partial charge on any atom is -0.368 e. The van der Waals surface area contributed by atoms with Crippen LogP contribution >= 0.6 is 23.2 Å². The zero-order valence-corrected chi connectivity index (χ0v) is 18.1. The SMILES string of the molecule is O=C(CCCN1CCN(c2cccc(Cl)c2Cl)CC1)N1CCc2ccccc2C1. The van der Waals surface area contributed by atoms with Crippen LogP contribution in [0.5, 0.6) is 0 Å². The Labute approximate surface area is 183 Å². The summed E-state index contributed by atoms with van der Waals surface area (Å²) in [6.45, 7) is 6.38. The summed E-state index contributed by atoms with van der Waals surface area (Å²) >= 11 is 12.5. The predicted octanol–water partition coefficient (Wildman–Crippen LogP) is 4.48. The van der Waals surface area contributed by atoms with E-state index in [0.29, 0.717) is 16.5 Å². The zero-order chi connectivity index (χ0) is 20.2. The number of benzene rings is 2. The van der Waals surface area contributed by atoms with E-state index in [2.05, 4.69) is 34.1 Å². The largest absolute Gasteiger partial charge is 0.368 e. The van der Waals surface area contributed by atoms with Crippen molar-refractivity contribution < 1.29 is 4.79 Å². The molecule has 29 heavy (non-hydrogen) atoms. The number of halogens is 2. The molecule has 4 nitrogen and oxygen atoms in total. The Hall–Kier alpha value is -1.75. The first-order chi connectivity index (χ1) is 14.1. The van der Waals surface area contributed by atoms with Crippen LogP contribution in [-0.4, -0.2) is 55.0 Å². The van der Waals surface area contributed by atoms with E-state index >= 15 is 0 Å². The first-order valence-corrected chi connectivity index (χ1v) is 11.1. The Balaban J connectivity index is 1.20. The molecule has 0 unspecified atom stereocenters. The quantitative estimate of drug-likeness (QED) is 0.697. The van der Waals surface area contributed by atoms with Crippen molar-refractivity contribution in [3.63, 3.8) is 0 Å². The molecule has 0 saturated carbocycles. The molecule has 0 aliphatic carbocycles. The van der Waals surface area contributed by atoms with Crippen molar-refractivity contribution in [1.82, 2.24) is 9.80 Å². The van der Waals surface area contributed by atoms with Crippen LogP contribution in [0.2, 0.25) is 10.0 Å². The first kappa shape index (κ1) is 20.5. The lowest BCUT2D eigenvalue weighted by molar-refractivity contribution is -0.132. The van der Waals surface area contributed by atoms with Crippen molar-refractivity contribution in [3.05, 3.63) is 63.6 Å². The molecule has 2 aromatic carbocycles. The molecule has 0 aromatic heterocycles. The molecular formula is C23H27Cl2N3O. The third-order valence-corrected chi connectivity index (χ3v) is 6.80. The number of nitrogens with zero attached hydrogens (tertiary/aromatic N) is 3. The Bertz CT molecular complexity index is 865. The fourth-order valence-corrected chi connectivity index (χ4v) is 4.68. The van der Waals surface area contributed by atoms with Crippen LogP contribution in [0.25, 0.3) is 0 Å². The van der Waals surface area contributed by atoms with Gasteiger partial charge in [0, 0.05) is 45.7 Å². The molecule has 0 atom stereocenters. The number of rotatable bonds is 5. The minimum absolute atomic E-state index is 0.281. The first-order valence-electron chi connectivity index (χ1n) is 10.4. The van der Waals surface area contributed by atoms with Gasteiger partial charge in [0.1, 0.15) is 0 Å². The molecular weight excluding hydrogens is 405 g/mol. The maximum absolute atomic E-state index is 12.6. The molecule has 154 valence electrons. The maximum atomic E-state index is 12.6. The molecule has 1 saturated heterocycles. The van der Waals surface area contributed by atoms with E-state index < -0.39 is 0 Å². The molecule has 1 amide bonds. The lowest BCUT2D eigenvalue weighted by Crippen LogP contribution is -2.47. The molecule has 6 heteroatoms. The second-order valence-electron chi connectivity index (χ2n) is 7.84. The van der Waals surface area contributed by atoms with Gasteiger partial charge in [-0.15, -0.1) is 0 Å². The van der Waals surface area contributed by atoms with E-state index in [4.69, 9.17) is 23.2 Å². The standard InChI is InChI=1S/C23H27Cl2N3O/c24-20-7-3-8-21(23(20)25)27-15-13-26(14-16-27)11-4-9-22(29)28-12-10-18-5-1-2-6-19(18)17-28/h1-3,5-8H,4,9-17H2. The molecule has 2 aliphatic heterocycles. The molecule has 1 fully saturated rings. The van der Waals surface area contributed by atoms with Crippen molar-refractivity contribution in [1.29, 1.82) is 0 Å². The zero-order valence-electron chi connectivity index (χ0n) is 16.6. The van der Waals surface area contributed by atoms with Gasteiger partial charge >= 0.3 is 0 Å². The molecule has 0 bridgehead atoms. The predicted molar refractivity (Wildman–Crippen MR) is 120 cm³/mol. The number of carbonyl (C=O) groups excluding carboxylic acids is 1. The summed E-state index contributed by atoms with van der Waals surface area (Å²) in [6.07, 6.45) is 2.51. The van der Waals surface area contributed by atoms with Crippen LogP contribution in [-0.2, 0) is 17.8 Å². The number of amides is 1. The highest BCUT2D eigenvalue weighted by Gasteiger charge is 2.22. The minimum atomic E-state index is 0.281. The fraction of sp³-hybridized carbons (Fsp3) is 0.435. The highest BCUT2D eigenvalue weighted by atomic mass is 35.5. The summed E-state index contributed by atoms with van der Waals surface area (Å²) in [4.78, 5) is 19.4. The third kappa shape index (κ3) is 4.88. The van der Waals surface area contributed by atoms with E-state index in [1.165, 1.54) is 11.1 Å². The number of carbonyl (C=O) groups is 1. The Kier molecular flexibility index (Phi) is 6.63. The summed E-state index contributed by atoms with van der Waals surface area (Å²) in [5.74, 6) is 0.281. The van der Waals surface area contributed by atoms with Crippen LogP contribution in [0.3, 0.4) is 0 Å². The van der Waals surface area contributed by atoms with E-state index in [0.717, 1.165) is 64.3 Å². The van der Waals surface area contributed by atoms with Gasteiger partial charge in [-0.05, 0) is 42.6 Å². The Morgan fingerprint density at radius 1 is 0.897 bits per heavy atom. The second-order valence-corrected chi connectivity index (χ2v) is 8.62. The lowest BCUT2D eigenvalue weighted by atomic mass is 9.99. The van der Waals surface area contributed by atoms with E-state index in [1.807, 2.05) is 23.1 Å². The summed E-state index contributed by atoms with van der Waals surface area (Å²) in [7, 11) is 0. The number of hydrogen-bond donors (Lipinski definition) is 0. The van der Waals surface area contributed by atoms with Gasteiger partial charge in [-0.1, -0.05) is 53.5 Å². The molecule has 2 aromatic rings. The van der Waals surface area contributed by atoms with Crippen molar-refractivity contribution in [2.75, 3.05) is 44.2 Å². The summed E-state index contributed by atoms with van der Waals surface area (Å²) in [6, 6.07) is 14.2. The van der Waals surface area contributed by atoms with Gasteiger partial charge in [0.05, 0.1) is 15.7 Å².